The third-order valence-electron chi connectivity index (χ3n) is 18.7. The van der Waals surface area contributed by atoms with Gasteiger partial charge in [-0.05, 0) is 161 Å². The van der Waals surface area contributed by atoms with E-state index in [-0.39, 0.29) is 53.3 Å². The molecule has 8 aliphatic rings. The first-order chi connectivity index (χ1) is 40.4. The number of aromatic nitrogens is 2. The Bertz CT molecular complexity index is 3580. The van der Waals surface area contributed by atoms with Crippen LogP contribution in [0.2, 0.25) is 0 Å². The fourth-order valence-corrected chi connectivity index (χ4v) is 14.8. The molecule has 0 bridgehead atoms. The largest absolute Gasteiger partial charge is 0.325 e. The molecule has 4 unspecified atom stereocenters. The lowest BCUT2D eigenvalue weighted by atomic mass is 9.78. The molecule has 14 rings (SSSR count). The number of nitrogens with zero attached hydrogens (tertiary/aromatic N) is 4. The number of hydrogen-bond acceptors (Lipinski definition) is 10. The summed E-state index contributed by atoms with van der Waals surface area (Å²) in [5.41, 5.74) is 4.46. The van der Waals surface area contributed by atoms with Gasteiger partial charge in [-0.2, -0.15) is 0 Å². The molecule has 16 nitrogen and oxygen atoms in total. The smallest absolute Gasteiger partial charge is 0.244 e. The van der Waals surface area contributed by atoms with Gasteiger partial charge < -0.3 is 41.7 Å². The standard InChI is InChI=1S/C32H31F2N5O3.C31H28BrF2N5O3/c33-22-11-20(12-23(34)14-22)26-17-36-32(8-2-1-3-9-32)30(42)39(26)18-27(40)37-24-7-6-19-15-31(16-21(19)13-24)25-5-4-10-35-28(25)38-29(31)41;32-26-22(33)11-18(12-23(26)34)24-15-36-31(7-1-2-8-31)29(42)39(24)16-25(40)37-20-6-5-17-13-30(14-19(17)10-20)21-4-3-9-35-27(21)38-28(30)41/h4-7,10-14,26,36H,1-3,8-9,15-18H2,(H,37,40)(H,35,38,41);3-6,9-12,24,36H,1-2,7-8,13-16H2,(H,37,40)(H,35,38,41). The first-order valence-corrected chi connectivity index (χ1v) is 29.3. The molecule has 2 saturated heterocycles. The zero-order valence-corrected chi connectivity index (χ0v) is 47.2. The van der Waals surface area contributed by atoms with Gasteiger partial charge in [0.15, 0.2) is 0 Å². The predicted molar refractivity (Wildman–Crippen MR) is 306 cm³/mol. The summed E-state index contributed by atoms with van der Waals surface area (Å²) < 4.78 is 57.0. The van der Waals surface area contributed by atoms with Crippen molar-refractivity contribution >= 4 is 74.4 Å². The highest BCUT2D eigenvalue weighted by molar-refractivity contribution is 9.10. The molecule has 84 heavy (non-hydrogen) atoms. The number of piperazine rings is 2. The van der Waals surface area contributed by atoms with Crippen molar-refractivity contribution in [1.29, 1.82) is 0 Å². The zero-order valence-electron chi connectivity index (χ0n) is 45.6. The van der Waals surface area contributed by atoms with Crippen LogP contribution < -0.4 is 31.9 Å². The first kappa shape index (κ1) is 55.3. The van der Waals surface area contributed by atoms with Gasteiger partial charge in [0.2, 0.25) is 35.4 Å². The van der Waals surface area contributed by atoms with Crippen LogP contribution in [0, 0.1) is 23.3 Å². The molecule has 6 heterocycles. The van der Waals surface area contributed by atoms with Crippen LogP contribution in [-0.2, 0) is 65.3 Å². The van der Waals surface area contributed by atoms with E-state index in [0.717, 1.165) is 71.6 Å². The highest BCUT2D eigenvalue weighted by Gasteiger charge is 2.54. The van der Waals surface area contributed by atoms with Crippen LogP contribution >= 0.6 is 15.9 Å². The number of pyridine rings is 2. The fraction of sp³-hybridized carbons (Fsp3) is 0.365. The molecule has 6 aromatic rings. The molecular weight excluding hydrogens is 1150 g/mol. The van der Waals surface area contributed by atoms with E-state index >= 15 is 0 Å². The average molecular weight is 1210 g/mol. The summed E-state index contributed by atoms with van der Waals surface area (Å²) in [6, 6.07) is 22.9. The molecule has 2 saturated carbocycles. The minimum Gasteiger partial charge on any atom is -0.325 e. The van der Waals surface area contributed by atoms with Gasteiger partial charge in [-0.1, -0.05) is 56.4 Å². The molecule has 432 valence electrons. The number of amides is 6. The highest BCUT2D eigenvalue weighted by atomic mass is 79.9. The normalized spacial score (nSPS) is 23.9. The predicted octanol–water partition coefficient (Wildman–Crippen LogP) is 8.70. The number of carbonyl (C=O) groups is 6. The maximum Gasteiger partial charge on any atom is 0.244 e. The molecule has 6 amide bonds. The fourth-order valence-electron chi connectivity index (χ4n) is 14.6. The summed E-state index contributed by atoms with van der Waals surface area (Å²) in [6.45, 7) is 0.0440. The topological polar surface area (TPSA) is 207 Å². The van der Waals surface area contributed by atoms with E-state index in [1.165, 1.54) is 34.1 Å². The van der Waals surface area contributed by atoms with Gasteiger partial charge in [-0.25, -0.2) is 27.5 Å². The van der Waals surface area contributed by atoms with Crippen LogP contribution in [0.25, 0.3) is 0 Å². The summed E-state index contributed by atoms with van der Waals surface area (Å²) in [5, 5.41) is 18.4. The second-order valence-corrected chi connectivity index (χ2v) is 24.5. The Morgan fingerprint density at radius 1 is 0.548 bits per heavy atom. The van der Waals surface area contributed by atoms with E-state index in [1.54, 1.807) is 24.5 Å². The van der Waals surface area contributed by atoms with Crippen molar-refractivity contribution in [3.8, 4) is 0 Å². The SMILES string of the molecule is O=C(CN1C(=O)C2(CCCC2)NCC1c1cc(F)c(Br)c(F)c1)Nc1ccc2c(c1)CC1(C2)C(=O)Nc2ncccc21.O=C(CN1C(=O)C2(CCCCC2)NCC1c1cc(F)cc(F)c1)Nc1ccc2c(c1)CC1(C2)C(=O)Nc2ncccc21. The van der Waals surface area contributed by atoms with Crippen molar-refractivity contribution in [2.24, 2.45) is 0 Å². The summed E-state index contributed by atoms with van der Waals surface area (Å²) >= 11 is 2.91. The number of fused-ring (bicyclic) bond motifs is 6. The van der Waals surface area contributed by atoms with Gasteiger partial charge in [0.1, 0.15) is 48.0 Å². The molecule has 4 atom stereocenters. The Labute approximate surface area is 489 Å². The molecular formula is C63H59BrF4N10O6. The van der Waals surface area contributed by atoms with Gasteiger partial charge in [0.25, 0.3) is 0 Å². The van der Waals surface area contributed by atoms with Crippen molar-refractivity contribution in [2.45, 2.75) is 117 Å². The molecule has 21 heteroatoms. The molecule has 4 aliphatic heterocycles. The number of hydrogen-bond donors (Lipinski definition) is 6. The van der Waals surface area contributed by atoms with Crippen molar-refractivity contribution in [2.75, 3.05) is 47.4 Å². The van der Waals surface area contributed by atoms with E-state index in [2.05, 4.69) is 57.8 Å². The van der Waals surface area contributed by atoms with E-state index in [1.807, 2.05) is 48.5 Å². The Kier molecular flexibility index (Phi) is 14.0. The van der Waals surface area contributed by atoms with E-state index in [9.17, 15) is 46.3 Å². The molecule has 4 spiro atoms. The monoisotopic (exact) mass is 1210 g/mol. The van der Waals surface area contributed by atoms with Crippen LogP contribution in [0.1, 0.15) is 114 Å². The molecule has 4 fully saturated rings. The quantitative estimate of drug-likeness (QED) is 0.0632. The van der Waals surface area contributed by atoms with E-state index in [0.29, 0.717) is 86.5 Å². The molecule has 4 aromatic carbocycles. The van der Waals surface area contributed by atoms with Crippen molar-refractivity contribution in [1.82, 2.24) is 30.4 Å². The van der Waals surface area contributed by atoms with E-state index < -0.39 is 69.1 Å². The van der Waals surface area contributed by atoms with Crippen molar-refractivity contribution in [3.05, 3.63) is 176 Å². The third kappa shape index (κ3) is 9.61. The van der Waals surface area contributed by atoms with Crippen LogP contribution in [-0.4, -0.2) is 92.5 Å². The third-order valence-corrected chi connectivity index (χ3v) is 19.5. The Balaban J connectivity index is 0.000000157. The summed E-state index contributed by atoms with van der Waals surface area (Å²) in [7, 11) is 0. The number of benzene rings is 4. The Morgan fingerprint density at radius 3 is 1.42 bits per heavy atom. The lowest BCUT2D eigenvalue weighted by molar-refractivity contribution is -0.149. The van der Waals surface area contributed by atoms with Crippen LogP contribution in [0.5, 0.6) is 0 Å². The number of halogens is 5. The number of rotatable bonds is 8. The Morgan fingerprint density at radius 2 is 0.964 bits per heavy atom. The summed E-state index contributed by atoms with van der Waals surface area (Å²) in [4.78, 5) is 92.2. The van der Waals surface area contributed by atoms with E-state index in [4.69, 9.17) is 0 Å². The Hall–Kier alpha value is -7.88. The summed E-state index contributed by atoms with van der Waals surface area (Å²) in [6.07, 6.45) is 12.6. The van der Waals surface area contributed by atoms with Crippen LogP contribution in [0.4, 0.5) is 40.6 Å². The maximum absolute atomic E-state index is 14.5. The number of anilines is 4. The van der Waals surface area contributed by atoms with Crippen molar-refractivity contribution < 1.29 is 46.3 Å². The molecule has 2 aromatic heterocycles. The van der Waals surface area contributed by atoms with Crippen LogP contribution in [0.3, 0.4) is 0 Å². The average Bonchev–Trinajstić information content (AvgIpc) is 1.80. The summed E-state index contributed by atoms with van der Waals surface area (Å²) in [5.74, 6) is -3.25. The highest BCUT2D eigenvalue weighted by Crippen LogP contribution is 2.49. The second kappa shape index (κ2) is 21.3. The first-order valence-electron chi connectivity index (χ1n) is 28.6. The van der Waals surface area contributed by atoms with Crippen LogP contribution in [0.15, 0.2) is 108 Å². The minimum absolute atomic E-state index is 0.0772. The van der Waals surface area contributed by atoms with Gasteiger partial charge in [0, 0.05) is 54.1 Å². The minimum atomic E-state index is -0.770. The van der Waals surface area contributed by atoms with Gasteiger partial charge in [-0.15, -0.1) is 0 Å². The molecule has 6 N–H and O–H groups in total. The van der Waals surface area contributed by atoms with Gasteiger partial charge in [0.05, 0.1) is 38.5 Å². The lowest BCUT2D eigenvalue weighted by Crippen LogP contribution is -2.66. The molecule has 4 aliphatic carbocycles. The zero-order chi connectivity index (χ0) is 58.3. The lowest BCUT2D eigenvalue weighted by Gasteiger charge is -2.48. The number of carbonyl (C=O) groups excluding carboxylic acids is 6. The van der Waals surface area contributed by atoms with Gasteiger partial charge in [-0.3, -0.25) is 28.8 Å². The second-order valence-electron chi connectivity index (χ2n) is 23.7. The maximum atomic E-state index is 14.5. The molecule has 0 radical (unpaired) electrons. The number of nitrogens with one attached hydrogen (secondary N) is 6. The van der Waals surface area contributed by atoms with Gasteiger partial charge >= 0.3 is 0 Å². The van der Waals surface area contributed by atoms with Crippen molar-refractivity contribution in [3.63, 3.8) is 0 Å².